The maximum atomic E-state index is 4.36. The Labute approximate surface area is 83.2 Å². The van der Waals surface area contributed by atoms with Gasteiger partial charge in [0, 0.05) is 18.8 Å². The average Bonchev–Trinajstić information content (AvgIpc) is 2.71. The van der Waals surface area contributed by atoms with Gasteiger partial charge in [-0.25, -0.2) is 19.3 Å². The first-order chi connectivity index (χ1) is 6.72. The highest BCUT2D eigenvalue weighted by Gasteiger charge is 2.05. The third-order valence-corrected chi connectivity index (χ3v) is 2.22. The fourth-order valence-corrected chi connectivity index (χ4v) is 1.60. The Morgan fingerprint density at radius 2 is 2.07 bits per heavy atom. The fourth-order valence-electron chi connectivity index (χ4n) is 1.60. The third-order valence-electron chi connectivity index (χ3n) is 2.22. The van der Waals surface area contributed by atoms with Gasteiger partial charge < -0.3 is 0 Å². The second-order valence-corrected chi connectivity index (χ2v) is 3.32. The van der Waals surface area contributed by atoms with Crippen molar-refractivity contribution < 1.29 is 0 Å². The number of nitrogens with zero attached hydrogens (tertiary/aromatic N) is 4. The minimum absolute atomic E-state index is 0.920. The van der Waals surface area contributed by atoms with E-state index in [-0.39, 0.29) is 0 Å². The van der Waals surface area contributed by atoms with Crippen molar-refractivity contribution in [3.8, 4) is 0 Å². The number of hydrogen-bond acceptors (Lipinski definition) is 2. The van der Waals surface area contributed by atoms with Crippen LogP contribution >= 0.6 is 0 Å². The first kappa shape index (κ1) is 8.99. The Kier molecular flexibility index (Phi) is 2.11. The lowest BCUT2D eigenvalue weighted by atomic mass is 10.5. The van der Waals surface area contributed by atoms with E-state index >= 15 is 0 Å². The highest BCUT2D eigenvalue weighted by atomic mass is 15.5. The Balaban J connectivity index is 2.53. The van der Waals surface area contributed by atoms with E-state index in [1.54, 1.807) is 0 Å². The molecule has 2 aromatic rings. The molecule has 0 radical (unpaired) electrons. The van der Waals surface area contributed by atoms with Crippen LogP contribution in [0.3, 0.4) is 0 Å². The van der Waals surface area contributed by atoms with Gasteiger partial charge >= 0.3 is 0 Å². The van der Waals surface area contributed by atoms with Crippen LogP contribution in [-0.2, 0) is 6.42 Å². The number of hydrogen-bond donors (Lipinski definition) is 0. The molecule has 14 heavy (non-hydrogen) atoms. The molecule has 0 spiro atoms. The monoisotopic (exact) mass is 190 g/mol. The smallest absolute Gasteiger partial charge is 0.128 e. The van der Waals surface area contributed by atoms with Crippen LogP contribution in [-0.4, -0.2) is 19.3 Å². The van der Waals surface area contributed by atoms with Crippen molar-refractivity contribution in [2.75, 3.05) is 0 Å². The minimum Gasteiger partial charge on any atom is -0.240 e. The van der Waals surface area contributed by atoms with Gasteiger partial charge in [-0.2, -0.15) is 0 Å². The van der Waals surface area contributed by atoms with Crippen LogP contribution in [0.1, 0.15) is 24.3 Å². The van der Waals surface area contributed by atoms with Gasteiger partial charge in [-0.05, 0) is 13.8 Å². The molecule has 0 N–H and O–H groups in total. The number of aryl methyl sites for hydroxylation is 3. The van der Waals surface area contributed by atoms with E-state index in [1.165, 1.54) is 0 Å². The topological polar surface area (TPSA) is 35.6 Å². The SMILES string of the molecule is CCc1nccn1-n1cc(C)nc1C. The molecule has 2 heterocycles. The molecule has 0 amide bonds. The molecule has 0 unspecified atom stereocenters. The summed E-state index contributed by atoms with van der Waals surface area (Å²) in [5, 5.41) is 0. The highest BCUT2D eigenvalue weighted by molar-refractivity contribution is 5.04. The fraction of sp³-hybridized carbons (Fsp3) is 0.400. The largest absolute Gasteiger partial charge is 0.240 e. The van der Waals surface area contributed by atoms with Gasteiger partial charge in [-0.3, -0.25) is 0 Å². The van der Waals surface area contributed by atoms with E-state index in [4.69, 9.17) is 0 Å². The molecule has 0 aliphatic carbocycles. The first-order valence-electron chi connectivity index (χ1n) is 4.78. The van der Waals surface area contributed by atoms with E-state index in [0.29, 0.717) is 0 Å². The van der Waals surface area contributed by atoms with Crippen LogP contribution in [0.5, 0.6) is 0 Å². The van der Waals surface area contributed by atoms with Crippen LogP contribution in [0.2, 0.25) is 0 Å². The summed E-state index contributed by atoms with van der Waals surface area (Å²) >= 11 is 0. The summed E-state index contributed by atoms with van der Waals surface area (Å²) in [6, 6.07) is 0. The van der Waals surface area contributed by atoms with E-state index in [9.17, 15) is 0 Å². The van der Waals surface area contributed by atoms with Gasteiger partial charge in [0.2, 0.25) is 0 Å². The van der Waals surface area contributed by atoms with Gasteiger partial charge in [-0.1, -0.05) is 6.92 Å². The Morgan fingerprint density at radius 3 is 2.64 bits per heavy atom. The molecule has 0 aliphatic rings. The van der Waals surface area contributed by atoms with Crippen LogP contribution in [0.15, 0.2) is 18.6 Å². The average molecular weight is 190 g/mol. The zero-order valence-corrected chi connectivity index (χ0v) is 8.73. The van der Waals surface area contributed by atoms with Crippen LogP contribution in [0.4, 0.5) is 0 Å². The van der Waals surface area contributed by atoms with Crippen molar-refractivity contribution in [3.63, 3.8) is 0 Å². The minimum atomic E-state index is 0.920. The molecule has 2 aromatic heterocycles. The number of imidazole rings is 2. The van der Waals surface area contributed by atoms with Gasteiger partial charge in [0.1, 0.15) is 11.6 Å². The normalized spacial score (nSPS) is 10.8. The summed E-state index contributed by atoms with van der Waals surface area (Å²) in [5.74, 6) is 2.03. The summed E-state index contributed by atoms with van der Waals surface area (Å²) in [6.45, 7) is 6.08. The maximum Gasteiger partial charge on any atom is 0.128 e. The Hall–Kier alpha value is -1.58. The van der Waals surface area contributed by atoms with Crippen molar-refractivity contribution in [2.24, 2.45) is 0 Å². The molecule has 0 saturated carbocycles. The van der Waals surface area contributed by atoms with Crippen LogP contribution in [0.25, 0.3) is 0 Å². The van der Waals surface area contributed by atoms with E-state index in [1.807, 2.05) is 41.8 Å². The lowest BCUT2D eigenvalue weighted by molar-refractivity contribution is 0.599. The van der Waals surface area contributed by atoms with Crippen molar-refractivity contribution in [3.05, 3.63) is 35.9 Å². The van der Waals surface area contributed by atoms with Crippen molar-refractivity contribution in [2.45, 2.75) is 27.2 Å². The molecule has 0 fully saturated rings. The first-order valence-corrected chi connectivity index (χ1v) is 4.78. The molecular formula is C10H14N4. The molecule has 0 aliphatic heterocycles. The zero-order chi connectivity index (χ0) is 10.1. The summed E-state index contributed by atoms with van der Waals surface area (Å²) < 4.78 is 4.04. The lowest BCUT2D eigenvalue weighted by Crippen LogP contribution is -2.12. The maximum absolute atomic E-state index is 4.36. The second-order valence-electron chi connectivity index (χ2n) is 3.32. The summed E-state index contributed by atoms with van der Waals surface area (Å²) in [7, 11) is 0. The van der Waals surface area contributed by atoms with E-state index < -0.39 is 0 Å². The molecule has 2 rings (SSSR count). The zero-order valence-electron chi connectivity index (χ0n) is 8.73. The summed E-state index contributed by atoms with van der Waals surface area (Å²) in [4.78, 5) is 8.63. The summed E-state index contributed by atoms with van der Waals surface area (Å²) in [5.41, 5.74) is 1.03. The van der Waals surface area contributed by atoms with E-state index in [2.05, 4.69) is 16.9 Å². The molecule has 4 heteroatoms. The van der Waals surface area contributed by atoms with Crippen LogP contribution < -0.4 is 0 Å². The Bertz CT molecular complexity index is 439. The lowest BCUT2D eigenvalue weighted by Gasteiger charge is -2.08. The second kappa shape index (κ2) is 3.29. The predicted octanol–water partition coefficient (Wildman–Crippen LogP) is 1.57. The molecule has 0 saturated heterocycles. The number of aromatic nitrogens is 4. The quantitative estimate of drug-likeness (QED) is 0.720. The molecular weight excluding hydrogens is 176 g/mol. The molecule has 0 atom stereocenters. The van der Waals surface area contributed by atoms with Crippen molar-refractivity contribution >= 4 is 0 Å². The van der Waals surface area contributed by atoms with E-state index in [0.717, 1.165) is 23.8 Å². The highest BCUT2D eigenvalue weighted by Crippen LogP contribution is 2.05. The third kappa shape index (κ3) is 1.32. The molecule has 74 valence electrons. The molecule has 4 nitrogen and oxygen atoms in total. The van der Waals surface area contributed by atoms with Gasteiger partial charge in [0.05, 0.1) is 11.9 Å². The Morgan fingerprint density at radius 1 is 1.29 bits per heavy atom. The van der Waals surface area contributed by atoms with Gasteiger partial charge in [-0.15, -0.1) is 0 Å². The van der Waals surface area contributed by atoms with Gasteiger partial charge in [0.15, 0.2) is 0 Å². The summed E-state index contributed by atoms with van der Waals surface area (Å²) in [6.07, 6.45) is 6.69. The predicted molar refractivity (Wildman–Crippen MR) is 54.1 cm³/mol. The molecule has 0 aromatic carbocycles. The molecule has 0 bridgehead atoms. The standard InChI is InChI=1S/C10H14N4/c1-4-10-11-5-6-13(10)14-7-8(2)12-9(14)3/h5-7H,4H2,1-3H3. The number of rotatable bonds is 2. The van der Waals surface area contributed by atoms with Crippen molar-refractivity contribution in [1.82, 2.24) is 19.3 Å². The van der Waals surface area contributed by atoms with Crippen LogP contribution in [0, 0.1) is 13.8 Å². The van der Waals surface area contributed by atoms with Gasteiger partial charge in [0.25, 0.3) is 0 Å². The van der Waals surface area contributed by atoms with Crippen molar-refractivity contribution in [1.29, 1.82) is 0 Å².